The first-order valence-corrected chi connectivity index (χ1v) is 9.84. The molecule has 0 fully saturated rings. The van der Waals surface area contributed by atoms with Gasteiger partial charge in [-0.05, 0) is 19.1 Å². The third-order valence-electron chi connectivity index (χ3n) is 5.07. The van der Waals surface area contributed by atoms with Crippen LogP contribution in [0.2, 0.25) is 0 Å². The lowest BCUT2D eigenvalue weighted by Crippen LogP contribution is -2.15. The minimum absolute atomic E-state index is 0.111. The van der Waals surface area contributed by atoms with Crippen LogP contribution in [0.5, 0.6) is 0 Å². The third-order valence-corrected chi connectivity index (χ3v) is 5.07. The normalized spacial score (nSPS) is 10.7. The van der Waals surface area contributed by atoms with Crippen LogP contribution in [0.3, 0.4) is 0 Å². The second-order valence-electron chi connectivity index (χ2n) is 7.20. The number of nitro benzene ring substituents is 1. The van der Waals surface area contributed by atoms with Crippen LogP contribution in [0.15, 0.2) is 78.9 Å². The second-order valence-corrected chi connectivity index (χ2v) is 7.20. The van der Waals surface area contributed by atoms with Gasteiger partial charge in [-0.3, -0.25) is 14.9 Å². The van der Waals surface area contributed by atoms with Gasteiger partial charge in [0.15, 0.2) is 6.61 Å². The van der Waals surface area contributed by atoms with Crippen LogP contribution < -0.4 is 0 Å². The number of nitro groups is 1. The molecule has 7 nitrogen and oxygen atoms in total. The second kappa shape index (κ2) is 8.77. The number of fused-ring (bicyclic) bond motifs is 1. The number of esters is 1. The van der Waals surface area contributed by atoms with Gasteiger partial charge in [-0.25, -0.2) is 9.78 Å². The van der Waals surface area contributed by atoms with E-state index in [1.54, 1.807) is 31.2 Å². The van der Waals surface area contributed by atoms with Gasteiger partial charge in [-0.1, -0.05) is 60.7 Å². The van der Waals surface area contributed by atoms with E-state index in [4.69, 9.17) is 4.74 Å². The molecule has 4 aromatic rings. The maximum absolute atomic E-state index is 12.9. The number of rotatable bonds is 6. The SMILES string of the molecule is Cc1ccc(C(=O)COC(=O)c2cc(-c3ccccc3)nc3ccccc23)cc1[N+](=O)[O-]. The first-order chi connectivity index (χ1) is 15.4. The van der Waals surface area contributed by atoms with E-state index in [0.29, 0.717) is 22.2 Å². The van der Waals surface area contributed by atoms with Crippen LogP contribution in [-0.4, -0.2) is 28.3 Å². The van der Waals surface area contributed by atoms with Gasteiger partial charge in [0, 0.05) is 28.1 Å². The molecule has 158 valence electrons. The van der Waals surface area contributed by atoms with E-state index < -0.39 is 23.3 Å². The number of ether oxygens (including phenoxy) is 1. The Morgan fingerprint density at radius 2 is 1.69 bits per heavy atom. The molecule has 0 amide bonds. The number of hydrogen-bond donors (Lipinski definition) is 0. The van der Waals surface area contributed by atoms with E-state index >= 15 is 0 Å². The molecule has 4 rings (SSSR count). The van der Waals surface area contributed by atoms with Gasteiger partial charge in [0.1, 0.15) is 0 Å². The Morgan fingerprint density at radius 1 is 0.969 bits per heavy atom. The summed E-state index contributed by atoms with van der Waals surface area (Å²) >= 11 is 0. The van der Waals surface area contributed by atoms with Gasteiger partial charge in [0.2, 0.25) is 5.78 Å². The van der Waals surface area contributed by atoms with E-state index in [9.17, 15) is 19.7 Å². The Labute approximate surface area is 183 Å². The van der Waals surface area contributed by atoms with Crippen molar-refractivity contribution < 1.29 is 19.2 Å². The summed E-state index contributed by atoms with van der Waals surface area (Å²) in [4.78, 5) is 40.6. The van der Waals surface area contributed by atoms with Gasteiger partial charge in [-0.15, -0.1) is 0 Å². The first-order valence-electron chi connectivity index (χ1n) is 9.84. The molecule has 0 aliphatic carbocycles. The fraction of sp³-hybridized carbons (Fsp3) is 0.0800. The maximum atomic E-state index is 12.9. The lowest BCUT2D eigenvalue weighted by Gasteiger charge is -2.10. The van der Waals surface area contributed by atoms with Crippen LogP contribution >= 0.6 is 0 Å². The van der Waals surface area contributed by atoms with Gasteiger partial charge in [-0.2, -0.15) is 0 Å². The molecule has 0 unspecified atom stereocenters. The lowest BCUT2D eigenvalue weighted by molar-refractivity contribution is -0.385. The summed E-state index contributed by atoms with van der Waals surface area (Å²) in [5.41, 5.74) is 2.76. The maximum Gasteiger partial charge on any atom is 0.339 e. The molecule has 0 N–H and O–H groups in total. The predicted octanol–water partition coefficient (Wildman–Crippen LogP) is 5.16. The van der Waals surface area contributed by atoms with Crippen LogP contribution in [0, 0.1) is 17.0 Å². The Balaban J connectivity index is 1.61. The zero-order valence-electron chi connectivity index (χ0n) is 17.1. The Bertz CT molecular complexity index is 1350. The Morgan fingerprint density at radius 3 is 2.44 bits per heavy atom. The highest BCUT2D eigenvalue weighted by molar-refractivity contribution is 6.06. The molecule has 0 bridgehead atoms. The van der Waals surface area contributed by atoms with Crippen LogP contribution in [-0.2, 0) is 4.74 Å². The molecular weight excluding hydrogens is 408 g/mol. The fourth-order valence-corrected chi connectivity index (χ4v) is 3.37. The highest BCUT2D eigenvalue weighted by Crippen LogP contribution is 2.25. The van der Waals surface area contributed by atoms with E-state index in [1.807, 2.05) is 36.4 Å². The molecule has 0 aliphatic rings. The topological polar surface area (TPSA) is 99.4 Å². The fourth-order valence-electron chi connectivity index (χ4n) is 3.37. The number of benzene rings is 3. The molecule has 0 radical (unpaired) electrons. The van der Waals surface area contributed by atoms with Crippen molar-refractivity contribution in [3.05, 3.63) is 106 Å². The summed E-state index contributed by atoms with van der Waals surface area (Å²) in [6.07, 6.45) is 0. The standard InChI is InChI=1S/C25H18N2O5/c1-16-11-12-18(13-23(16)27(30)31)24(28)15-32-25(29)20-14-22(17-7-3-2-4-8-17)26-21-10-6-5-9-19(20)21/h2-14H,15H2,1H3. The van der Waals surface area contributed by atoms with Crippen molar-refractivity contribution in [2.45, 2.75) is 6.92 Å². The largest absolute Gasteiger partial charge is 0.454 e. The number of pyridine rings is 1. The van der Waals surface area contributed by atoms with Gasteiger partial charge in [0.25, 0.3) is 5.69 Å². The van der Waals surface area contributed by atoms with Crippen molar-refractivity contribution in [2.75, 3.05) is 6.61 Å². The molecule has 0 saturated carbocycles. The van der Waals surface area contributed by atoms with Crippen molar-refractivity contribution >= 4 is 28.3 Å². The number of ketones is 1. The molecule has 3 aromatic carbocycles. The average molecular weight is 426 g/mol. The number of para-hydroxylation sites is 1. The van der Waals surface area contributed by atoms with E-state index in [0.717, 1.165) is 5.56 Å². The van der Waals surface area contributed by atoms with Gasteiger partial charge >= 0.3 is 5.97 Å². The first kappa shape index (κ1) is 20.9. The predicted molar refractivity (Wildman–Crippen MR) is 120 cm³/mol. The van der Waals surface area contributed by atoms with E-state index in [2.05, 4.69) is 4.98 Å². The summed E-state index contributed by atoms with van der Waals surface area (Å²) in [6, 6.07) is 22.4. The summed E-state index contributed by atoms with van der Waals surface area (Å²) in [5.74, 6) is -1.20. The summed E-state index contributed by atoms with van der Waals surface area (Å²) in [7, 11) is 0. The molecule has 1 aromatic heterocycles. The molecule has 1 heterocycles. The summed E-state index contributed by atoms with van der Waals surface area (Å²) in [6.45, 7) is 1.06. The van der Waals surface area contributed by atoms with Crippen molar-refractivity contribution in [3.63, 3.8) is 0 Å². The van der Waals surface area contributed by atoms with Crippen LogP contribution in [0.4, 0.5) is 5.69 Å². The zero-order chi connectivity index (χ0) is 22.7. The summed E-state index contributed by atoms with van der Waals surface area (Å²) < 4.78 is 5.29. The molecule has 0 saturated heterocycles. The third kappa shape index (κ3) is 4.22. The number of aryl methyl sites for hydroxylation is 1. The Kier molecular flexibility index (Phi) is 5.72. The van der Waals surface area contributed by atoms with Gasteiger partial charge < -0.3 is 4.74 Å². The molecule has 0 spiro atoms. The molecule has 7 heteroatoms. The molecule has 0 atom stereocenters. The minimum Gasteiger partial charge on any atom is -0.454 e. The van der Waals surface area contributed by atoms with E-state index in [1.165, 1.54) is 18.2 Å². The quantitative estimate of drug-likeness (QED) is 0.183. The smallest absolute Gasteiger partial charge is 0.339 e. The lowest BCUT2D eigenvalue weighted by atomic mass is 10.0. The molecular formula is C25H18N2O5. The molecule has 32 heavy (non-hydrogen) atoms. The minimum atomic E-state index is -0.671. The number of carbonyl (C=O) groups is 2. The van der Waals surface area contributed by atoms with Crippen molar-refractivity contribution in [1.82, 2.24) is 4.98 Å². The van der Waals surface area contributed by atoms with Gasteiger partial charge in [0.05, 0.1) is 21.7 Å². The van der Waals surface area contributed by atoms with Crippen molar-refractivity contribution in [3.8, 4) is 11.3 Å². The van der Waals surface area contributed by atoms with Crippen LogP contribution in [0.25, 0.3) is 22.2 Å². The number of Topliss-reactive ketones (excluding diaryl/α,β-unsaturated/α-hetero) is 1. The van der Waals surface area contributed by atoms with Crippen molar-refractivity contribution in [2.24, 2.45) is 0 Å². The monoisotopic (exact) mass is 426 g/mol. The molecule has 0 aliphatic heterocycles. The highest BCUT2D eigenvalue weighted by Gasteiger charge is 2.19. The number of carbonyl (C=O) groups excluding carboxylic acids is 2. The van der Waals surface area contributed by atoms with E-state index in [-0.39, 0.29) is 16.8 Å². The average Bonchev–Trinajstić information content (AvgIpc) is 2.82. The Hall–Kier alpha value is -4.39. The van der Waals surface area contributed by atoms with Crippen molar-refractivity contribution in [1.29, 1.82) is 0 Å². The highest BCUT2D eigenvalue weighted by atomic mass is 16.6. The number of nitrogens with zero attached hydrogens (tertiary/aromatic N) is 2. The number of aromatic nitrogens is 1. The number of hydrogen-bond acceptors (Lipinski definition) is 6. The zero-order valence-corrected chi connectivity index (χ0v) is 17.1. The summed E-state index contributed by atoms with van der Waals surface area (Å²) in [5, 5.41) is 11.7. The van der Waals surface area contributed by atoms with Crippen LogP contribution in [0.1, 0.15) is 26.3 Å².